The molecule has 0 saturated heterocycles. The number of rotatable bonds is 3. The van der Waals surface area contributed by atoms with E-state index in [-0.39, 0.29) is 12.0 Å². The van der Waals surface area contributed by atoms with E-state index in [1.54, 1.807) is 18.2 Å². The Balaban J connectivity index is 2.34. The molecule has 0 aliphatic heterocycles. The van der Waals surface area contributed by atoms with E-state index in [1.807, 2.05) is 0 Å². The third-order valence-electron chi connectivity index (χ3n) is 2.30. The molecule has 1 aromatic carbocycles. The Morgan fingerprint density at radius 2 is 1.85 bits per heavy atom. The SMILES string of the molecule is O=Cc1cc(C(=O)Oc2ccccc2)c(C(F)(F)F)o1. The number of carbonyl (C=O) groups is 2. The van der Waals surface area contributed by atoms with Crippen LogP contribution in [-0.2, 0) is 6.18 Å². The lowest BCUT2D eigenvalue weighted by molar-refractivity contribution is -0.153. The van der Waals surface area contributed by atoms with Gasteiger partial charge in [0.1, 0.15) is 11.3 Å². The van der Waals surface area contributed by atoms with Crippen molar-refractivity contribution < 1.29 is 31.9 Å². The number of hydrogen-bond acceptors (Lipinski definition) is 4. The zero-order chi connectivity index (χ0) is 14.8. The Hall–Kier alpha value is -2.57. The van der Waals surface area contributed by atoms with Crippen LogP contribution in [0.25, 0.3) is 0 Å². The quantitative estimate of drug-likeness (QED) is 0.493. The number of carbonyl (C=O) groups excluding carboxylic acids is 2. The van der Waals surface area contributed by atoms with Crippen LogP contribution in [0.1, 0.15) is 26.7 Å². The molecular weight excluding hydrogens is 277 g/mol. The predicted octanol–water partition coefficient (Wildman–Crippen LogP) is 3.33. The standard InChI is InChI=1S/C13H7F3O4/c14-13(15,16)11-10(6-9(7-17)19-11)12(18)20-8-4-2-1-3-5-8/h1-7H. The first kappa shape index (κ1) is 13.9. The molecule has 0 bridgehead atoms. The lowest BCUT2D eigenvalue weighted by Gasteiger charge is -2.06. The van der Waals surface area contributed by atoms with Crippen molar-refractivity contribution in [3.05, 3.63) is 53.5 Å². The number of aldehydes is 1. The Morgan fingerprint density at radius 1 is 1.20 bits per heavy atom. The van der Waals surface area contributed by atoms with Crippen molar-refractivity contribution in [1.29, 1.82) is 0 Å². The zero-order valence-corrected chi connectivity index (χ0v) is 9.81. The Kier molecular flexibility index (Phi) is 3.60. The van der Waals surface area contributed by atoms with Gasteiger partial charge in [-0.05, 0) is 12.1 Å². The molecule has 0 amide bonds. The first-order chi connectivity index (χ1) is 9.41. The summed E-state index contributed by atoms with van der Waals surface area (Å²) in [5.74, 6) is -3.32. The van der Waals surface area contributed by atoms with Crippen LogP contribution in [0, 0.1) is 0 Å². The van der Waals surface area contributed by atoms with Gasteiger partial charge in [-0.25, -0.2) is 4.79 Å². The Labute approximate surface area is 110 Å². The summed E-state index contributed by atoms with van der Waals surface area (Å²) < 4.78 is 47.1. The van der Waals surface area contributed by atoms with Gasteiger partial charge < -0.3 is 9.15 Å². The Morgan fingerprint density at radius 3 is 2.40 bits per heavy atom. The maximum atomic E-state index is 12.7. The van der Waals surface area contributed by atoms with Gasteiger partial charge in [0, 0.05) is 6.07 Å². The second kappa shape index (κ2) is 5.20. The molecular formula is C13H7F3O4. The van der Waals surface area contributed by atoms with Crippen LogP contribution in [-0.4, -0.2) is 12.3 Å². The molecule has 0 fully saturated rings. The third kappa shape index (κ3) is 2.87. The summed E-state index contributed by atoms with van der Waals surface area (Å²) in [4.78, 5) is 22.2. The number of alkyl halides is 3. The minimum Gasteiger partial charge on any atom is -0.448 e. The summed E-state index contributed by atoms with van der Waals surface area (Å²) >= 11 is 0. The molecule has 0 radical (unpaired) electrons. The van der Waals surface area contributed by atoms with E-state index < -0.39 is 29.2 Å². The van der Waals surface area contributed by atoms with Crippen LogP contribution in [0.2, 0.25) is 0 Å². The van der Waals surface area contributed by atoms with Crippen LogP contribution in [0.4, 0.5) is 13.2 Å². The summed E-state index contributed by atoms with van der Waals surface area (Å²) in [6, 6.07) is 8.28. The van der Waals surface area contributed by atoms with Crippen molar-refractivity contribution in [3.63, 3.8) is 0 Å². The number of furan rings is 1. The van der Waals surface area contributed by atoms with E-state index in [0.29, 0.717) is 6.07 Å². The Bertz CT molecular complexity index is 629. The molecule has 0 spiro atoms. The molecule has 7 heteroatoms. The monoisotopic (exact) mass is 284 g/mol. The van der Waals surface area contributed by atoms with Crippen LogP contribution < -0.4 is 4.74 Å². The molecule has 0 atom stereocenters. The molecule has 104 valence electrons. The predicted molar refractivity (Wildman–Crippen MR) is 60.5 cm³/mol. The first-order valence-electron chi connectivity index (χ1n) is 5.35. The van der Waals surface area contributed by atoms with Crippen LogP contribution >= 0.6 is 0 Å². The maximum absolute atomic E-state index is 12.7. The van der Waals surface area contributed by atoms with Gasteiger partial charge >= 0.3 is 12.1 Å². The van der Waals surface area contributed by atoms with Gasteiger partial charge in [0.15, 0.2) is 12.0 Å². The van der Waals surface area contributed by atoms with Gasteiger partial charge in [-0.15, -0.1) is 0 Å². The molecule has 1 heterocycles. The van der Waals surface area contributed by atoms with Gasteiger partial charge in [-0.1, -0.05) is 18.2 Å². The topological polar surface area (TPSA) is 56.5 Å². The average molecular weight is 284 g/mol. The van der Waals surface area contributed by atoms with E-state index in [4.69, 9.17) is 4.74 Å². The van der Waals surface area contributed by atoms with Crippen molar-refractivity contribution >= 4 is 12.3 Å². The third-order valence-corrected chi connectivity index (χ3v) is 2.30. The fourth-order valence-electron chi connectivity index (χ4n) is 1.48. The highest BCUT2D eigenvalue weighted by molar-refractivity contribution is 5.94. The minimum atomic E-state index is -4.90. The molecule has 0 unspecified atom stereocenters. The van der Waals surface area contributed by atoms with Crippen molar-refractivity contribution in [1.82, 2.24) is 0 Å². The average Bonchev–Trinajstić information content (AvgIpc) is 2.84. The van der Waals surface area contributed by atoms with Crippen LogP contribution in [0.15, 0.2) is 40.8 Å². The smallest absolute Gasteiger partial charge is 0.448 e. The molecule has 1 aromatic heterocycles. The normalized spacial score (nSPS) is 11.2. The molecule has 20 heavy (non-hydrogen) atoms. The molecule has 2 aromatic rings. The summed E-state index contributed by atoms with van der Waals surface area (Å²) in [7, 11) is 0. The van der Waals surface area contributed by atoms with Crippen molar-refractivity contribution in [3.8, 4) is 5.75 Å². The summed E-state index contributed by atoms with van der Waals surface area (Å²) in [6.45, 7) is 0. The van der Waals surface area contributed by atoms with Crippen molar-refractivity contribution in [2.75, 3.05) is 0 Å². The lowest BCUT2D eigenvalue weighted by atomic mass is 10.2. The van der Waals surface area contributed by atoms with Gasteiger partial charge in [-0.3, -0.25) is 4.79 Å². The van der Waals surface area contributed by atoms with E-state index >= 15 is 0 Å². The first-order valence-corrected chi connectivity index (χ1v) is 5.35. The van der Waals surface area contributed by atoms with E-state index in [1.165, 1.54) is 12.1 Å². The van der Waals surface area contributed by atoms with Gasteiger partial charge in [0.2, 0.25) is 5.76 Å². The summed E-state index contributed by atoms with van der Waals surface area (Å²) in [6.07, 6.45) is -4.82. The summed E-state index contributed by atoms with van der Waals surface area (Å²) in [5, 5.41) is 0. The highest BCUT2D eigenvalue weighted by atomic mass is 19.4. The minimum absolute atomic E-state index is 0.0779. The van der Waals surface area contributed by atoms with Crippen molar-refractivity contribution in [2.45, 2.75) is 6.18 Å². The van der Waals surface area contributed by atoms with Crippen molar-refractivity contribution in [2.24, 2.45) is 0 Å². The lowest BCUT2D eigenvalue weighted by Crippen LogP contribution is -2.14. The number of esters is 1. The van der Waals surface area contributed by atoms with Crippen LogP contribution in [0.3, 0.4) is 0 Å². The second-order valence-corrected chi connectivity index (χ2v) is 3.71. The molecule has 4 nitrogen and oxygen atoms in total. The molecule has 2 rings (SSSR count). The van der Waals surface area contributed by atoms with Crippen LogP contribution in [0.5, 0.6) is 5.75 Å². The van der Waals surface area contributed by atoms with E-state index in [0.717, 1.165) is 0 Å². The molecule has 0 N–H and O–H groups in total. The molecule has 0 aliphatic carbocycles. The highest BCUT2D eigenvalue weighted by Gasteiger charge is 2.41. The fraction of sp³-hybridized carbons (Fsp3) is 0.0769. The van der Waals surface area contributed by atoms with Gasteiger partial charge in [0.25, 0.3) is 0 Å². The number of ether oxygens (including phenoxy) is 1. The number of hydrogen-bond donors (Lipinski definition) is 0. The number of halogens is 3. The second-order valence-electron chi connectivity index (χ2n) is 3.71. The number of benzene rings is 1. The highest BCUT2D eigenvalue weighted by Crippen LogP contribution is 2.34. The fourth-order valence-corrected chi connectivity index (χ4v) is 1.48. The molecule has 0 saturated carbocycles. The van der Waals surface area contributed by atoms with E-state index in [2.05, 4.69) is 4.42 Å². The van der Waals surface area contributed by atoms with Gasteiger partial charge in [-0.2, -0.15) is 13.2 Å². The van der Waals surface area contributed by atoms with Gasteiger partial charge in [0.05, 0.1) is 0 Å². The molecule has 0 aliphatic rings. The van der Waals surface area contributed by atoms with E-state index in [9.17, 15) is 22.8 Å². The largest absolute Gasteiger partial charge is 0.450 e. The maximum Gasteiger partial charge on any atom is 0.450 e. The number of para-hydroxylation sites is 1. The zero-order valence-electron chi connectivity index (χ0n) is 9.81. The summed E-state index contributed by atoms with van der Waals surface area (Å²) in [5.41, 5.74) is -0.844.